The molecule has 2 aliphatic heterocycles. The van der Waals surface area contributed by atoms with Crippen LogP contribution in [-0.2, 0) is 33.1 Å². The van der Waals surface area contributed by atoms with Crippen molar-refractivity contribution in [1.82, 2.24) is 30.0 Å². The number of aromatic nitrogens is 4. The highest BCUT2D eigenvalue weighted by atomic mass is 32.2. The van der Waals surface area contributed by atoms with Gasteiger partial charge in [0.1, 0.15) is 0 Å². The summed E-state index contributed by atoms with van der Waals surface area (Å²) in [5.74, 6) is -1.02. The normalized spacial score (nSPS) is 15.8. The third kappa shape index (κ3) is 11.4. The summed E-state index contributed by atoms with van der Waals surface area (Å²) in [4.78, 5) is 24.9. The Morgan fingerprint density at radius 1 is 0.710 bits per heavy atom. The first-order valence-electron chi connectivity index (χ1n) is 20.7. The third-order valence-electron chi connectivity index (χ3n) is 11.2. The highest BCUT2D eigenvalue weighted by Crippen LogP contribution is 2.30. The van der Waals surface area contributed by atoms with Gasteiger partial charge in [-0.1, -0.05) is 50.2 Å². The van der Waals surface area contributed by atoms with E-state index in [1.165, 1.54) is 21.0 Å². The van der Waals surface area contributed by atoms with Crippen molar-refractivity contribution in [2.24, 2.45) is 5.73 Å². The van der Waals surface area contributed by atoms with Gasteiger partial charge in [-0.3, -0.25) is 23.4 Å². The molecule has 5 aromatic rings. The lowest BCUT2D eigenvalue weighted by molar-refractivity contribution is 0.100. The molecular weight excluding hydrogens is 841 g/mol. The molecule has 0 amide bonds. The molecule has 0 aliphatic carbocycles. The van der Waals surface area contributed by atoms with Gasteiger partial charge in [-0.25, -0.2) is 16.8 Å². The van der Waals surface area contributed by atoms with E-state index in [-0.39, 0.29) is 31.3 Å². The molecular formula is C43H53F2N9O6S2. The van der Waals surface area contributed by atoms with Crippen LogP contribution in [0.25, 0.3) is 11.5 Å². The van der Waals surface area contributed by atoms with E-state index in [2.05, 4.69) is 43.8 Å². The number of pyridine rings is 2. The lowest BCUT2D eigenvalue weighted by atomic mass is 10.1. The lowest BCUT2D eigenvalue weighted by Crippen LogP contribution is -2.45. The number of hydrogen-bond acceptors (Lipinski definition) is 13. The van der Waals surface area contributed by atoms with Crippen LogP contribution in [0, 0.1) is 0 Å². The number of carbonyl (C=O) groups is 1. The zero-order chi connectivity index (χ0) is 44.3. The molecule has 2 aliphatic rings. The van der Waals surface area contributed by atoms with Crippen LogP contribution in [-0.4, -0.2) is 109 Å². The maximum Gasteiger partial charge on any atom is 0.314 e. The summed E-state index contributed by atoms with van der Waals surface area (Å²) < 4.78 is 87.5. The van der Waals surface area contributed by atoms with Crippen LogP contribution in [0.4, 0.5) is 20.2 Å². The van der Waals surface area contributed by atoms with Gasteiger partial charge in [-0.05, 0) is 113 Å². The first-order chi connectivity index (χ1) is 29.8. The van der Waals surface area contributed by atoms with Crippen LogP contribution >= 0.6 is 0 Å². The molecule has 2 aromatic carbocycles. The highest BCUT2D eigenvalue weighted by molar-refractivity contribution is 7.93. The van der Waals surface area contributed by atoms with Gasteiger partial charge in [-0.2, -0.15) is 8.78 Å². The second-order valence-electron chi connectivity index (χ2n) is 15.0. The van der Waals surface area contributed by atoms with E-state index in [4.69, 9.17) is 10.2 Å². The number of likely N-dealkylation sites (tertiary alicyclic amines) is 2. The Bertz CT molecular complexity index is 2400. The molecule has 0 atom stereocenters. The molecule has 0 unspecified atom stereocenters. The fourth-order valence-corrected chi connectivity index (χ4v) is 11.2. The van der Waals surface area contributed by atoms with Crippen molar-refractivity contribution in [2.45, 2.75) is 69.5 Å². The van der Waals surface area contributed by atoms with Gasteiger partial charge in [0.25, 0.3) is 5.89 Å². The van der Waals surface area contributed by atoms with Crippen molar-refractivity contribution in [1.29, 1.82) is 0 Å². The summed E-state index contributed by atoms with van der Waals surface area (Å²) in [6, 6.07) is 24.6. The molecule has 62 heavy (non-hydrogen) atoms. The van der Waals surface area contributed by atoms with Crippen molar-refractivity contribution in [3.05, 3.63) is 120 Å². The molecule has 0 radical (unpaired) electrons. The number of hydrogen-bond donors (Lipinski definition) is 1. The number of para-hydroxylation sites is 2. The smallest absolute Gasteiger partial charge is 0.314 e. The van der Waals surface area contributed by atoms with Crippen LogP contribution in [0.1, 0.15) is 73.6 Å². The van der Waals surface area contributed by atoms with Crippen molar-refractivity contribution in [3.63, 3.8) is 0 Å². The number of nitrogens with zero attached hydrogens (tertiary/aromatic N) is 8. The van der Waals surface area contributed by atoms with Gasteiger partial charge in [0, 0.05) is 18.0 Å². The number of nitrogens with two attached hydrogens (primary N) is 1. The fourth-order valence-electron chi connectivity index (χ4n) is 7.43. The molecule has 3 aromatic heterocycles. The molecule has 0 spiro atoms. The van der Waals surface area contributed by atoms with Crippen molar-refractivity contribution in [2.75, 3.05) is 54.4 Å². The molecule has 2 fully saturated rings. The minimum Gasteiger partial charge on any atom is -0.415 e. The van der Waals surface area contributed by atoms with E-state index in [1.54, 1.807) is 60.7 Å². The quantitative estimate of drug-likeness (QED) is 0.115. The second kappa shape index (κ2) is 21.2. The Morgan fingerprint density at radius 3 is 1.55 bits per heavy atom. The van der Waals surface area contributed by atoms with Crippen molar-refractivity contribution in [3.8, 4) is 11.5 Å². The van der Waals surface area contributed by atoms with Gasteiger partial charge in [0.15, 0.2) is 5.78 Å². The molecule has 0 bridgehead atoms. The van der Waals surface area contributed by atoms with Crippen LogP contribution in [0.2, 0.25) is 0 Å². The predicted molar refractivity (Wildman–Crippen MR) is 233 cm³/mol. The Hall–Kier alpha value is -5.21. The van der Waals surface area contributed by atoms with E-state index in [1.807, 2.05) is 24.3 Å². The Labute approximate surface area is 362 Å². The number of rotatable bonds is 16. The Morgan fingerprint density at radius 2 is 1.18 bits per heavy atom. The number of sulfonamides is 2. The van der Waals surface area contributed by atoms with Gasteiger partial charge < -0.3 is 20.0 Å². The van der Waals surface area contributed by atoms with Crippen LogP contribution in [0.5, 0.6) is 0 Å². The maximum atomic E-state index is 13.6. The predicted octanol–water partition coefficient (Wildman–Crippen LogP) is 5.93. The van der Waals surface area contributed by atoms with Gasteiger partial charge in [0.2, 0.25) is 25.9 Å². The number of benzene rings is 2. The minimum absolute atomic E-state index is 0.0483. The summed E-state index contributed by atoms with van der Waals surface area (Å²) in [7, 11) is -7.19. The largest absolute Gasteiger partial charge is 0.415 e. The molecule has 0 saturated carbocycles. The number of halogens is 2. The Balaban J connectivity index is 0.000000209. The summed E-state index contributed by atoms with van der Waals surface area (Å²) in [5.41, 5.74) is 8.47. The first kappa shape index (κ1) is 46.3. The zero-order valence-electron chi connectivity index (χ0n) is 34.8. The number of ketones is 1. The van der Waals surface area contributed by atoms with Crippen molar-refractivity contribution < 1.29 is 34.8 Å². The third-order valence-corrected chi connectivity index (χ3v) is 15.7. The summed E-state index contributed by atoms with van der Waals surface area (Å²) in [6.07, 6.45) is 2.42. The number of Topliss-reactive ketones (excluding diaryl/α,β-unsaturated/α-hetero) is 1. The first-order valence-corrected chi connectivity index (χ1v) is 23.7. The fraction of sp³-hybridized carbons (Fsp3) is 0.419. The molecule has 5 heterocycles. The topological polar surface area (TPSA) is 189 Å². The SMILES string of the molecule is CCN1CCC(S(=O)(=O)N(Cc2ccc(-c3nnc(C(F)F)o3)cn2)c2ccccc2)CC1.CCN1CCC(S(=O)(=O)N(Cc2ccc(C(=O)CN)cn2)c2ccccc2)CC1. The lowest BCUT2D eigenvalue weighted by Gasteiger charge is -2.34. The minimum atomic E-state index is -3.63. The van der Waals surface area contributed by atoms with Crippen LogP contribution in [0.15, 0.2) is 102 Å². The monoisotopic (exact) mass is 893 g/mol. The zero-order valence-corrected chi connectivity index (χ0v) is 36.5. The maximum absolute atomic E-state index is 13.6. The summed E-state index contributed by atoms with van der Waals surface area (Å²) in [5, 5.41) is 6.05. The summed E-state index contributed by atoms with van der Waals surface area (Å²) >= 11 is 0. The highest BCUT2D eigenvalue weighted by Gasteiger charge is 2.36. The van der Waals surface area contributed by atoms with Crippen LogP contribution < -0.4 is 14.3 Å². The average molecular weight is 894 g/mol. The average Bonchev–Trinajstić information content (AvgIpc) is 3.82. The molecule has 15 nitrogen and oxygen atoms in total. The van der Waals surface area contributed by atoms with E-state index in [0.29, 0.717) is 59.6 Å². The van der Waals surface area contributed by atoms with E-state index < -0.39 is 42.9 Å². The molecule has 2 N–H and O–H groups in total. The van der Waals surface area contributed by atoms with E-state index in [9.17, 15) is 30.4 Å². The second-order valence-corrected chi connectivity index (χ2v) is 19.3. The van der Waals surface area contributed by atoms with Crippen LogP contribution in [0.3, 0.4) is 0 Å². The summed E-state index contributed by atoms with van der Waals surface area (Å²) in [6.45, 7) is 9.18. The van der Waals surface area contributed by atoms with Gasteiger partial charge in [0.05, 0.1) is 58.5 Å². The van der Waals surface area contributed by atoms with Crippen molar-refractivity contribution >= 4 is 37.2 Å². The van der Waals surface area contributed by atoms with Gasteiger partial charge >= 0.3 is 6.43 Å². The number of carbonyl (C=O) groups excluding carboxylic acids is 1. The van der Waals surface area contributed by atoms with Gasteiger partial charge in [-0.15, -0.1) is 10.2 Å². The van der Waals surface area contributed by atoms with E-state index in [0.717, 1.165) is 39.3 Å². The molecule has 332 valence electrons. The standard InChI is InChI=1S/C22H25F2N5O3S.C21H28N4O3S/c1-2-28-12-10-19(11-13-28)33(30,31)29(18-6-4-3-5-7-18)15-17-9-8-16(14-25-17)21-26-27-22(32-21)20(23)24;1-2-24-12-10-20(11-13-24)29(27,28)25(19-6-4-3-5-7-19)16-18-9-8-17(15-23-18)21(26)14-22/h3-9,14,19-20H,2,10-13,15H2,1H3;3-9,15,20H,2,10-14,16,22H2,1H3. The number of alkyl halides is 2. The Kier molecular flexibility index (Phi) is 15.9. The molecule has 7 rings (SSSR count). The number of anilines is 2. The molecule has 19 heteroatoms. The molecule has 2 saturated heterocycles. The number of piperidine rings is 2. The van der Waals surface area contributed by atoms with E-state index >= 15 is 0 Å².